The first-order valence-corrected chi connectivity index (χ1v) is 13.4. The van der Waals surface area contributed by atoms with E-state index in [9.17, 15) is 9.59 Å². The summed E-state index contributed by atoms with van der Waals surface area (Å²) in [7, 11) is 2.95. The Morgan fingerprint density at radius 2 is 1.77 bits per heavy atom. The first-order valence-electron chi connectivity index (χ1n) is 12.6. The van der Waals surface area contributed by atoms with Gasteiger partial charge in [0.2, 0.25) is 5.88 Å². The topological polar surface area (TPSA) is 111 Å². The van der Waals surface area contributed by atoms with Gasteiger partial charge in [-0.3, -0.25) is 14.5 Å². The number of rotatable bonds is 5. The summed E-state index contributed by atoms with van der Waals surface area (Å²) >= 11 is 12.7. The molecule has 0 saturated heterocycles. The zero-order chi connectivity index (χ0) is 27.9. The van der Waals surface area contributed by atoms with E-state index in [1.54, 1.807) is 36.5 Å². The lowest BCUT2D eigenvalue weighted by Gasteiger charge is -2.36. The average Bonchev–Trinajstić information content (AvgIpc) is 3.58. The van der Waals surface area contributed by atoms with Crippen LogP contribution in [0.4, 0.5) is 11.4 Å². The normalized spacial score (nSPS) is 19.2. The van der Waals surface area contributed by atoms with Crippen LogP contribution >= 0.6 is 23.2 Å². The Kier molecular flexibility index (Phi) is 5.39. The number of nitrogens with zero attached hydrogens (tertiary/aromatic N) is 5. The standard InChI is InChI=1S/C28H22Cl2N6O4/c1-13-4-5-15(30)11-20(13)36-25(37)21-22(28(36)18-9-6-14(29)10-19(18)32-26(28)38)35(16-7-8-16)23(33-21)17-12-31-27(40-3)34-24(17)39-2/h4-6,9-12,16H,7-8H2,1-3H3,(H,32,38)/t28-/m0/s1. The Morgan fingerprint density at radius 1 is 1.02 bits per heavy atom. The van der Waals surface area contributed by atoms with Crippen molar-refractivity contribution < 1.29 is 19.1 Å². The van der Waals surface area contributed by atoms with Gasteiger partial charge in [0.15, 0.2) is 11.2 Å². The molecule has 0 unspecified atom stereocenters. The zero-order valence-electron chi connectivity index (χ0n) is 21.7. The average molecular weight is 577 g/mol. The predicted octanol–water partition coefficient (Wildman–Crippen LogP) is 5.16. The third-order valence-electron chi connectivity index (χ3n) is 7.62. The number of ether oxygens (including phenoxy) is 2. The van der Waals surface area contributed by atoms with Crippen molar-refractivity contribution in [1.82, 2.24) is 19.5 Å². The molecule has 2 amide bonds. The van der Waals surface area contributed by atoms with Gasteiger partial charge in [0.25, 0.3) is 11.8 Å². The van der Waals surface area contributed by atoms with Crippen LogP contribution in [0.25, 0.3) is 11.4 Å². The molecular formula is C28H22Cl2N6O4. The van der Waals surface area contributed by atoms with Gasteiger partial charge >= 0.3 is 6.01 Å². The number of methoxy groups -OCH3 is 2. The van der Waals surface area contributed by atoms with Crippen molar-refractivity contribution in [3.63, 3.8) is 0 Å². The molecular weight excluding hydrogens is 555 g/mol. The van der Waals surface area contributed by atoms with Crippen molar-refractivity contribution in [3.05, 3.63) is 75.2 Å². The maximum atomic E-state index is 14.5. The maximum absolute atomic E-state index is 14.5. The fraction of sp³-hybridized carbons (Fsp3) is 0.250. The Hall–Kier alpha value is -4.15. The van der Waals surface area contributed by atoms with Crippen molar-refractivity contribution in [3.8, 4) is 23.3 Å². The molecule has 4 aromatic rings. The van der Waals surface area contributed by atoms with Crippen molar-refractivity contribution in [2.45, 2.75) is 31.3 Å². The molecule has 1 aliphatic carbocycles. The number of carbonyl (C=O) groups is 2. The minimum absolute atomic E-state index is 0.00675. The van der Waals surface area contributed by atoms with Gasteiger partial charge in [0.1, 0.15) is 5.82 Å². The molecule has 1 atom stereocenters. The summed E-state index contributed by atoms with van der Waals surface area (Å²) < 4.78 is 12.7. The van der Waals surface area contributed by atoms with E-state index >= 15 is 0 Å². The van der Waals surface area contributed by atoms with Gasteiger partial charge < -0.3 is 19.4 Å². The summed E-state index contributed by atoms with van der Waals surface area (Å²) in [6.45, 7) is 1.87. The molecule has 4 heterocycles. The first kappa shape index (κ1) is 24.9. The maximum Gasteiger partial charge on any atom is 0.319 e. The van der Waals surface area contributed by atoms with Crippen LogP contribution in [0.15, 0.2) is 42.6 Å². The Bertz CT molecular complexity index is 1770. The van der Waals surface area contributed by atoms with Gasteiger partial charge in [-0.2, -0.15) is 4.98 Å². The number of anilines is 2. The molecule has 0 radical (unpaired) electrons. The second kappa shape index (κ2) is 8.67. The quantitative estimate of drug-likeness (QED) is 0.349. The molecule has 12 heteroatoms. The highest BCUT2D eigenvalue weighted by Crippen LogP contribution is 2.56. The minimum Gasteiger partial charge on any atom is -0.480 e. The van der Waals surface area contributed by atoms with E-state index in [2.05, 4.69) is 15.3 Å². The summed E-state index contributed by atoms with van der Waals surface area (Å²) in [5.41, 5.74) is 1.98. The number of carbonyl (C=O) groups excluding carboxylic acids is 2. The number of imidazole rings is 1. The molecule has 7 rings (SSSR count). The van der Waals surface area contributed by atoms with Crippen LogP contribution in [-0.4, -0.2) is 45.6 Å². The van der Waals surface area contributed by atoms with Crippen molar-refractivity contribution in [1.29, 1.82) is 0 Å². The third kappa shape index (κ3) is 3.26. The highest BCUT2D eigenvalue weighted by molar-refractivity contribution is 6.32. The monoisotopic (exact) mass is 576 g/mol. The van der Waals surface area contributed by atoms with Gasteiger partial charge in [-0.05, 0) is 49.6 Å². The summed E-state index contributed by atoms with van der Waals surface area (Å²) in [6, 6.07) is 10.6. The minimum atomic E-state index is -1.56. The third-order valence-corrected chi connectivity index (χ3v) is 8.09. The lowest BCUT2D eigenvalue weighted by atomic mass is 9.86. The van der Waals surface area contributed by atoms with Crippen LogP contribution in [-0.2, 0) is 10.3 Å². The van der Waals surface area contributed by atoms with Gasteiger partial charge in [0, 0.05) is 33.5 Å². The molecule has 1 saturated carbocycles. The van der Waals surface area contributed by atoms with Gasteiger partial charge in [-0.15, -0.1) is 0 Å². The molecule has 2 aliphatic heterocycles. The highest BCUT2D eigenvalue weighted by Gasteiger charge is 2.65. The molecule has 0 bridgehead atoms. The number of aryl methyl sites for hydroxylation is 1. The smallest absolute Gasteiger partial charge is 0.319 e. The van der Waals surface area contributed by atoms with Gasteiger partial charge in [-0.25, -0.2) is 9.97 Å². The Morgan fingerprint density at radius 3 is 2.50 bits per heavy atom. The molecule has 1 N–H and O–H groups in total. The first-order chi connectivity index (χ1) is 19.3. The van der Waals surface area contributed by atoms with E-state index in [0.29, 0.717) is 44.1 Å². The van der Waals surface area contributed by atoms with Crippen LogP contribution in [0.5, 0.6) is 11.9 Å². The highest BCUT2D eigenvalue weighted by atomic mass is 35.5. The van der Waals surface area contributed by atoms with Crippen LogP contribution in [0, 0.1) is 6.92 Å². The summed E-state index contributed by atoms with van der Waals surface area (Å²) in [5, 5.41) is 3.88. The lowest BCUT2D eigenvalue weighted by molar-refractivity contribution is -0.119. The largest absolute Gasteiger partial charge is 0.480 e. The van der Waals surface area contributed by atoms with E-state index in [1.165, 1.54) is 19.1 Å². The molecule has 1 spiro atoms. The van der Waals surface area contributed by atoms with Crippen molar-refractivity contribution in [2.75, 3.05) is 24.4 Å². The number of fused-ring (bicyclic) bond motifs is 4. The van der Waals surface area contributed by atoms with Crippen molar-refractivity contribution >= 4 is 46.4 Å². The fourth-order valence-electron chi connectivity index (χ4n) is 5.77. The Labute approximate surface area is 238 Å². The summed E-state index contributed by atoms with van der Waals surface area (Å²) in [5.74, 6) is -0.128. The second-order valence-electron chi connectivity index (χ2n) is 9.94. The van der Waals surface area contributed by atoms with Crippen LogP contribution in [0.2, 0.25) is 10.0 Å². The van der Waals surface area contributed by atoms with Gasteiger partial charge in [-0.1, -0.05) is 35.3 Å². The molecule has 10 nitrogen and oxygen atoms in total. The molecule has 1 fully saturated rings. The SMILES string of the molecule is COc1ncc(-c2nc3c(n2C2CC2)[C@@]2(C(=O)Nc4cc(Cl)ccc42)N(c2cc(Cl)ccc2C)C3=O)c(OC)n1. The fourth-order valence-corrected chi connectivity index (χ4v) is 6.11. The number of aromatic nitrogens is 4. The number of nitrogens with one attached hydrogen (secondary N) is 1. The number of hydrogen-bond acceptors (Lipinski definition) is 7. The molecule has 2 aromatic heterocycles. The van der Waals surface area contributed by atoms with Crippen molar-refractivity contribution in [2.24, 2.45) is 0 Å². The number of amides is 2. The number of benzene rings is 2. The predicted molar refractivity (Wildman–Crippen MR) is 148 cm³/mol. The second-order valence-corrected chi connectivity index (χ2v) is 10.8. The van der Waals surface area contributed by atoms with Crippen LogP contribution in [0.3, 0.4) is 0 Å². The van der Waals surface area contributed by atoms with E-state index in [0.717, 1.165) is 18.4 Å². The summed E-state index contributed by atoms with van der Waals surface area (Å²) in [6.07, 6.45) is 3.26. The molecule has 202 valence electrons. The number of hydrogen-bond donors (Lipinski definition) is 1. The Balaban J connectivity index is 1.57. The summed E-state index contributed by atoms with van der Waals surface area (Å²) in [4.78, 5) is 43.8. The van der Waals surface area contributed by atoms with Crippen LogP contribution in [0.1, 0.15) is 46.2 Å². The number of halogens is 2. The molecule has 3 aliphatic rings. The molecule has 2 aromatic carbocycles. The van der Waals surface area contributed by atoms with E-state index in [1.807, 2.05) is 17.6 Å². The van der Waals surface area contributed by atoms with E-state index < -0.39 is 11.4 Å². The lowest BCUT2D eigenvalue weighted by Crippen LogP contribution is -2.51. The van der Waals surface area contributed by atoms with Crippen LogP contribution < -0.4 is 19.7 Å². The molecule has 40 heavy (non-hydrogen) atoms. The van der Waals surface area contributed by atoms with E-state index in [4.69, 9.17) is 37.7 Å². The van der Waals surface area contributed by atoms with E-state index in [-0.39, 0.29) is 29.5 Å². The van der Waals surface area contributed by atoms with Gasteiger partial charge in [0.05, 0.1) is 31.2 Å². The zero-order valence-corrected chi connectivity index (χ0v) is 23.2.